The highest BCUT2D eigenvalue weighted by atomic mass is 32.2. The molecule has 0 spiro atoms. The van der Waals surface area contributed by atoms with Crippen LogP contribution >= 0.6 is 11.8 Å². The van der Waals surface area contributed by atoms with Gasteiger partial charge in [-0.2, -0.15) is 4.68 Å². The Morgan fingerprint density at radius 3 is 2.52 bits per heavy atom. The fraction of sp³-hybridized carbons (Fsp3) is 0.176. The van der Waals surface area contributed by atoms with E-state index in [4.69, 9.17) is 0 Å². The predicted octanol–water partition coefficient (Wildman–Crippen LogP) is 3.15. The first-order valence-corrected chi connectivity index (χ1v) is 8.56. The number of nitrogens with zero attached hydrogens (tertiary/aromatic N) is 4. The molecule has 25 heavy (non-hydrogen) atoms. The number of carbonyl (C=O) groups excluding carboxylic acids is 1. The van der Waals surface area contributed by atoms with Crippen molar-refractivity contribution in [1.82, 2.24) is 20.2 Å². The van der Waals surface area contributed by atoms with Crippen molar-refractivity contribution in [1.29, 1.82) is 0 Å². The lowest BCUT2D eigenvalue weighted by atomic mass is 10.1. The lowest BCUT2D eigenvalue weighted by Crippen LogP contribution is -2.14. The van der Waals surface area contributed by atoms with E-state index in [0.717, 1.165) is 16.8 Å². The highest BCUT2D eigenvalue weighted by Crippen LogP contribution is 2.23. The van der Waals surface area contributed by atoms with Crippen molar-refractivity contribution in [3.8, 4) is 5.69 Å². The Bertz CT molecular complexity index is 874. The SMILES string of the molecule is Cc1cccc(C)c1-n1nnnc1SCC(=O)Nc1ccc(F)cc1. The average Bonchev–Trinajstić information content (AvgIpc) is 3.03. The van der Waals surface area contributed by atoms with Gasteiger partial charge in [0.1, 0.15) is 5.82 Å². The van der Waals surface area contributed by atoms with E-state index in [0.29, 0.717) is 10.8 Å². The molecule has 1 aromatic heterocycles. The lowest BCUT2D eigenvalue weighted by molar-refractivity contribution is -0.113. The molecule has 0 fully saturated rings. The Morgan fingerprint density at radius 2 is 1.84 bits per heavy atom. The summed E-state index contributed by atoms with van der Waals surface area (Å²) < 4.78 is 14.5. The molecule has 1 heterocycles. The lowest BCUT2D eigenvalue weighted by Gasteiger charge is -2.10. The Balaban J connectivity index is 1.69. The third kappa shape index (κ3) is 4.03. The molecule has 0 saturated heterocycles. The molecule has 6 nitrogen and oxygen atoms in total. The van der Waals surface area contributed by atoms with Gasteiger partial charge in [0.15, 0.2) is 0 Å². The zero-order chi connectivity index (χ0) is 17.8. The summed E-state index contributed by atoms with van der Waals surface area (Å²) >= 11 is 1.24. The molecular weight excluding hydrogens is 341 g/mol. The smallest absolute Gasteiger partial charge is 0.234 e. The van der Waals surface area contributed by atoms with Crippen molar-refractivity contribution >= 4 is 23.4 Å². The summed E-state index contributed by atoms with van der Waals surface area (Å²) in [6.45, 7) is 3.97. The molecule has 1 N–H and O–H groups in total. The number of anilines is 1. The van der Waals surface area contributed by atoms with Gasteiger partial charge < -0.3 is 5.32 Å². The number of carbonyl (C=O) groups is 1. The summed E-state index contributed by atoms with van der Waals surface area (Å²) in [5.74, 6) is -0.421. The van der Waals surface area contributed by atoms with E-state index in [1.807, 2.05) is 32.0 Å². The Labute approximate surface area is 148 Å². The number of rotatable bonds is 5. The molecule has 0 aliphatic carbocycles. The summed E-state index contributed by atoms with van der Waals surface area (Å²) in [6, 6.07) is 11.6. The maximum atomic E-state index is 12.9. The van der Waals surface area contributed by atoms with Crippen LogP contribution in [0.5, 0.6) is 0 Å². The number of aromatic nitrogens is 4. The van der Waals surface area contributed by atoms with Crippen molar-refractivity contribution in [3.63, 3.8) is 0 Å². The third-order valence-corrected chi connectivity index (χ3v) is 4.47. The van der Waals surface area contributed by atoms with E-state index in [1.165, 1.54) is 36.0 Å². The number of benzene rings is 2. The van der Waals surface area contributed by atoms with E-state index >= 15 is 0 Å². The summed E-state index contributed by atoms with van der Waals surface area (Å²) in [7, 11) is 0. The number of para-hydroxylation sites is 1. The summed E-state index contributed by atoms with van der Waals surface area (Å²) in [5, 5.41) is 15.0. The van der Waals surface area contributed by atoms with E-state index in [1.54, 1.807) is 4.68 Å². The minimum Gasteiger partial charge on any atom is -0.325 e. The minimum absolute atomic E-state index is 0.142. The predicted molar refractivity (Wildman–Crippen MR) is 94.4 cm³/mol. The van der Waals surface area contributed by atoms with Crippen molar-refractivity contribution in [3.05, 3.63) is 59.4 Å². The third-order valence-electron chi connectivity index (χ3n) is 3.55. The molecule has 3 rings (SSSR count). The van der Waals surface area contributed by atoms with Gasteiger partial charge in [0.05, 0.1) is 11.4 Å². The summed E-state index contributed by atoms with van der Waals surface area (Å²) in [4.78, 5) is 12.1. The molecule has 1 amide bonds. The quantitative estimate of drug-likeness (QED) is 0.710. The van der Waals surface area contributed by atoms with Gasteiger partial charge in [-0.05, 0) is 59.7 Å². The first-order chi connectivity index (χ1) is 12.0. The van der Waals surface area contributed by atoms with E-state index in [-0.39, 0.29) is 17.5 Å². The van der Waals surface area contributed by atoms with Crippen molar-refractivity contribution < 1.29 is 9.18 Å². The number of amides is 1. The highest BCUT2D eigenvalue weighted by Gasteiger charge is 2.14. The van der Waals surface area contributed by atoms with Crippen LogP contribution < -0.4 is 5.32 Å². The van der Waals surface area contributed by atoms with Gasteiger partial charge in [-0.25, -0.2) is 4.39 Å². The number of nitrogens with one attached hydrogen (secondary N) is 1. The number of hydrogen-bond donors (Lipinski definition) is 1. The summed E-state index contributed by atoms with van der Waals surface area (Å²) in [6.07, 6.45) is 0. The van der Waals surface area contributed by atoms with E-state index < -0.39 is 0 Å². The molecule has 128 valence electrons. The molecule has 0 atom stereocenters. The zero-order valence-electron chi connectivity index (χ0n) is 13.7. The molecule has 0 saturated carbocycles. The van der Waals surface area contributed by atoms with Gasteiger partial charge in [-0.3, -0.25) is 4.79 Å². The number of tetrazole rings is 1. The maximum absolute atomic E-state index is 12.9. The molecule has 2 aromatic carbocycles. The normalized spacial score (nSPS) is 10.7. The number of aryl methyl sites for hydroxylation is 2. The monoisotopic (exact) mass is 357 g/mol. The van der Waals surface area contributed by atoms with Crippen LogP contribution in [-0.4, -0.2) is 31.9 Å². The molecule has 0 aliphatic rings. The maximum Gasteiger partial charge on any atom is 0.234 e. The number of thioether (sulfide) groups is 1. The first-order valence-electron chi connectivity index (χ1n) is 7.58. The van der Waals surface area contributed by atoms with Crippen LogP contribution in [0.3, 0.4) is 0 Å². The fourth-order valence-corrected chi connectivity index (χ4v) is 3.09. The largest absolute Gasteiger partial charge is 0.325 e. The van der Waals surface area contributed by atoms with Crippen LogP contribution in [-0.2, 0) is 4.79 Å². The van der Waals surface area contributed by atoms with Crippen molar-refractivity contribution in [2.45, 2.75) is 19.0 Å². The number of halogens is 1. The molecule has 3 aromatic rings. The van der Waals surface area contributed by atoms with Crippen LogP contribution in [0.15, 0.2) is 47.6 Å². The molecule has 0 bridgehead atoms. The van der Waals surface area contributed by atoms with Crippen LogP contribution in [0.4, 0.5) is 10.1 Å². The molecule has 8 heteroatoms. The first kappa shape index (κ1) is 17.1. The standard InChI is InChI=1S/C17H16FN5OS/c1-11-4-3-5-12(2)16(11)23-17(20-21-22-23)25-10-15(24)19-14-8-6-13(18)7-9-14/h3-9H,10H2,1-2H3,(H,19,24). The second-order valence-electron chi connectivity index (χ2n) is 5.46. The molecule has 0 unspecified atom stereocenters. The van der Waals surface area contributed by atoms with E-state index in [9.17, 15) is 9.18 Å². The molecule has 0 aliphatic heterocycles. The molecule has 0 radical (unpaired) electrons. The van der Waals surface area contributed by atoms with Crippen LogP contribution in [0.1, 0.15) is 11.1 Å². The minimum atomic E-state index is -0.347. The van der Waals surface area contributed by atoms with Gasteiger partial charge in [0.25, 0.3) is 0 Å². The van der Waals surface area contributed by atoms with Crippen LogP contribution in [0.25, 0.3) is 5.69 Å². The highest BCUT2D eigenvalue weighted by molar-refractivity contribution is 7.99. The second kappa shape index (κ2) is 7.43. The van der Waals surface area contributed by atoms with Crippen LogP contribution in [0.2, 0.25) is 0 Å². The van der Waals surface area contributed by atoms with Gasteiger partial charge in [0.2, 0.25) is 11.1 Å². The summed E-state index contributed by atoms with van der Waals surface area (Å²) in [5.41, 5.74) is 3.55. The fourth-order valence-electron chi connectivity index (χ4n) is 2.41. The van der Waals surface area contributed by atoms with Gasteiger partial charge in [-0.1, -0.05) is 30.0 Å². The van der Waals surface area contributed by atoms with Crippen LogP contribution in [0, 0.1) is 19.7 Å². The van der Waals surface area contributed by atoms with Crippen molar-refractivity contribution in [2.24, 2.45) is 0 Å². The van der Waals surface area contributed by atoms with Gasteiger partial charge >= 0.3 is 0 Å². The number of hydrogen-bond acceptors (Lipinski definition) is 5. The van der Waals surface area contributed by atoms with Gasteiger partial charge in [0, 0.05) is 5.69 Å². The average molecular weight is 357 g/mol. The van der Waals surface area contributed by atoms with Gasteiger partial charge in [-0.15, -0.1) is 5.10 Å². The Morgan fingerprint density at radius 1 is 1.16 bits per heavy atom. The van der Waals surface area contributed by atoms with E-state index in [2.05, 4.69) is 20.8 Å². The Hall–Kier alpha value is -2.74. The Kier molecular flexibility index (Phi) is 5.08. The topological polar surface area (TPSA) is 72.7 Å². The second-order valence-corrected chi connectivity index (χ2v) is 6.40. The zero-order valence-corrected chi connectivity index (χ0v) is 14.5. The molecular formula is C17H16FN5OS. The van der Waals surface area contributed by atoms with Crippen molar-refractivity contribution in [2.75, 3.05) is 11.1 Å².